The van der Waals surface area contributed by atoms with Crippen LogP contribution in [0.4, 0.5) is 0 Å². The van der Waals surface area contributed by atoms with E-state index in [4.69, 9.17) is 4.74 Å². The molecule has 0 aliphatic heterocycles. The summed E-state index contributed by atoms with van der Waals surface area (Å²) in [6.07, 6.45) is 2.61. The Hall–Kier alpha value is -0.940. The summed E-state index contributed by atoms with van der Waals surface area (Å²) >= 11 is 0. The molecule has 0 spiro atoms. The van der Waals surface area contributed by atoms with Gasteiger partial charge in [0.2, 0.25) is 0 Å². The largest absolute Gasteiger partial charge is 0.384 e. The molecule has 0 saturated heterocycles. The van der Waals surface area contributed by atoms with E-state index in [1.807, 2.05) is 20.8 Å². The average Bonchev–Trinajstić information content (AvgIpc) is 2.77. The molecule has 0 aliphatic rings. The van der Waals surface area contributed by atoms with Gasteiger partial charge in [-0.2, -0.15) is 0 Å². The molecular weight excluding hydrogens is 218 g/mol. The normalized spacial score (nSPS) is 16.8. The first-order valence-corrected chi connectivity index (χ1v) is 6.29. The first-order chi connectivity index (χ1) is 8.09. The number of hydrogen-bond acceptors (Lipinski definition) is 4. The van der Waals surface area contributed by atoms with Gasteiger partial charge in [-0.05, 0) is 26.7 Å². The van der Waals surface area contributed by atoms with Crippen LogP contribution in [0, 0.1) is 0 Å². The van der Waals surface area contributed by atoms with Crippen LogP contribution < -0.4 is 0 Å². The van der Waals surface area contributed by atoms with Gasteiger partial charge in [0.05, 0.1) is 17.5 Å². The van der Waals surface area contributed by atoms with E-state index in [9.17, 15) is 5.11 Å². The maximum absolute atomic E-state index is 10.4. The van der Waals surface area contributed by atoms with Gasteiger partial charge in [-0.3, -0.25) is 0 Å². The van der Waals surface area contributed by atoms with Crippen LogP contribution in [0.25, 0.3) is 0 Å². The predicted molar refractivity (Wildman–Crippen MR) is 65.6 cm³/mol. The quantitative estimate of drug-likeness (QED) is 0.792. The Kier molecular flexibility index (Phi) is 5.08. The Morgan fingerprint density at radius 2 is 2.18 bits per heavy atom. The summed E-state index contributed by atoms with van der Waals surface area (Å²) in [5, 5.41) is 18.3. The number of nitrogens with zero attached hydrogens (tertiary/aromatic N) is 3. The first kappa shape index (κ1) is 14.1. The fourth-order valence-electron chi connectivity index (χ4n) is 1.88. The molecule has 0 fully saturated rings. The molecule has 0 bridgehead atoms. The van der Waals surface area contributed by atoms with Crippen LogP contribution in [0.3, 0.4) is 0 Å². The van der Waals surface area contributed by atoms with Gasteiger partial charge in [0.1, 0.15) is 6.10 Å². The van der Waals surface area contributed by atoms with E-state index in [0.717, 1.165) is 25.1 Å². The fraction of sp³-hybridized carbons (Fsp3) is 0.833. The maximum Gasteiger partial charge on any atom is 0.126 e. The molecule has 0 amide bonds. The van der Waals surface area contributed by atoms with Crippen LogP contribution in [0.5, 0.6) is 0 Å². The zero-order valence-electron chi connectivity index (χ0n) is 11.2. The van der Waals surface area contributed by atoms with Crippen molar-refractivity contribution in [2.24, 2.45) is 0 Å². The highest BCUT2D eigenvalue weighted by Crippen LogP contribution is 2.31. The molecule has 1 N–H and O–H groups in total. The van der Waals surface area contributed by atoms with Crippen LogP contribution in [-0.4, -0.2) is 32.3 Å². The molecule has 0 radical (unpaired) electrons. The van der Waals surface area contributed by atoms with E-state index in [-0.39, 0.29) is 0 Å². The monoisotopic (exact) mass is 241 g/mol. The highest BCUT2D eigenvalue weighted by molar-refractivity contribution is 5.05. The molecule has 5 heteroatoms. The lowest BCUT2D eigenvalue weighted by Gasteiger charge is -2.33. The van der Waals surface area contributed by atoms with E-state index in [1.54, 1.807) is 10.9 Å². The highest BCUT2D eigenvalue weighted by atomic mass is 16.5. The van der Waals surface area contributed by atoms with Gasteiger partial charge in [0, 0.05) is 13.2 Å². The number of aliphatic hydroxyl groups excluding tert-OH is 1. The van der Waals surface area contributed by atoms with Gasteiger partial charge >= 0.3 is 0 Å². The topological polar surface area (TPSA) is 60.2 Å². The Morgan fingerprint density at radius 3 is 2.71 bits per heavy atom. The second-order valence-corrected chi connectivity index (χ2v) is 4.38. The predicted octanol–water partition coefficient (Wildman–Crippen LogP) is 1.93. The second kappa shape index (κ2) is 6.12. The van der Waals surface area contributed by atoms with Gasteiger partial charge in [0.25, 0.3) is 0 Å². The third-order valence-electron chi connectivity index (χ3n) is 3.12. The van der Waals surface area contributed by atoms with E-state index in [2.05, 4.69) is 17.2 Å². The molecule has 1 aromatic heterocycles. The van der Waals surface area contributed by atoms with Crippen molar-refractivity contribution < 1.29 is 9.84 Å². The fourth-order valence-corrected chi connectivity index (χ4v) is 1.88. The van der Waals surface area contributed by atoms with E-state index < -0.39 is 11.7 Å². The molecule has 2 unspecified atom stereocenters. The van der Waals surface area contributed by atoms with Gasteiger partial charge in [-0.15, -0.1) is 5.10 Å². The molecule has 0 aliphatic carbocycles. The highest BCUT2D eigenvalue weighted by Gasteiger charge is 2.35. The molecule has 5 nitrogen and oxygen atoms in total. The van der Waals surface area contributed by atoms with Gasteiger partial charge < -0.3 is 9.84 Å². The molecule has 1 aromatic rings. The van der Waals surface area contributed by atoms with Crippen LogP contribution >= 0.6 is 0 Å². The molecule has 17 heavy (non-hydrogen) atoms. The van der Waals surface area contributed by atoms with E-state index >= 15 is 0 Å². The molecule has 1 rings (SSSR count). The summed E-state index contributed by atoms with van der Waals surface area (Å²) in [4.78, 5) is 0. The third kappa shape index (κ3) is 3.04. The Balaban J connectivity index is 2.92. The summed E-state index contributed by atoms with van der Waals surface area (Å²) in [7, 11) is 0. The number of aryl methyl sites for hydroxylation is 1. The van der Waals surface area contributed by atoms with Crippen LogP contribution in [0.15, 0.2) is 6.20 Å². The first-order valence-electron chi connectivity index (χ1n) is 6.29. The minimum absolute atomic E-state index is 0.580. The van der Waals surface area contributed by atoms with Crippen molar-refractivity contribution in [3.63, 3.8) is 0 Å². The Bertz CT molecular complexity index is 340. The maximum atomic E-state index is 10.4. The van der Waals surface area contributed by atoms with Crippen molar-refractivity contribution in [1.82, 2.24) is 15.0 Å². The van der Waals surface area contributed by atoms with Gasteiger partial charge in [0.15, 0.2) is 0 Å². The summed E-state index contributed by atoms with van der Waals surface area (Å²) in [5.41, 5.74) is 0.145. The van der Waals surface area contributed by atoms with Crippen molar-refractivity contribution in [3.8, 4) is 0 Å². The SMILES string of the molecule is CCCn1nncc1C(O)C(C)(CC)OCC. The number of rotatable bonds is 7. The van der Waals surface area contributed by atoms with Gasteiger partial charge in [-0.1, -0.05) is 19.1 Å². The molecule has 98 valence electrons. The molecule has 0 aromatic carbocycles. The van der Waals surface area contributed by atoms with Gasteiger partial charge in [-0.25, -0.2) is 4.68 Å². The second-order valence-electron chi connectivity index (χ2n) is 4.38. The van der Waals surface area contributed by atoms with Crippen molar-refractivity contribution >= 4 is 0 Å². The molecule has 0 saturated carbocycles. The minimum atomic E-state index is -0.700. The summed E-state index contributed by atoms with van der Waals surface area (Å²) < 4.78 is 7.43. The minimum Gasteiger partial charge on any atom is -0.384 e. The number of aliphatic hydroxyl groups is 1. The molecule has 1 heterocycles. The van der Waals surface area contributed by atoms with Crippen molar-refractivity contribution in [2.75, 3.05) is 6.61 Å². The number of ether oxygens (including phenoxy) is 1. The number of hydrogen-bond donors (Lipinski definition) is 1. The van der Waals surface area contributed by atoms with Crippen LogP contribution in [0.1, 0.15) is 52.3 Å². The Morgan fingerprint density at radius 1 is 1.47 bits per heavy atom. The summed E-state index contributed by atoms with van der Waals surface area (Å²) in [6.45, 7) is 9.27. The van der Waals surface area contributed by atoms with E-state index in [1.165, 1.54) is 0 Å². The smallest absolute Gasteiger partial charge is 0.126 e. The summed E-state index contributed by atoms with van der Waals surface area (Å²) in [6, 6.07) is 0. The lowest BCUT2D eigenvalue weighted by molar-refractivity contribution is -0.115. The third-order valence-corrected chi connectivity index (χ3v) is 3.12. The standard InChI is InChI=1S/C12H23N3O2/c1-5-8-15-10(9-13-14-15)11(16)12(4,6-2)17-7-3/h9,11,16H,5-8H2,1-4H3. The zero-order chi connectivity index (χ0) is 12.9. The lowest BCUT2D eigenvalue weighted by atomic mass is 9.93. The van der Waals surface area contributed by atoms with Crippen molar-refractivity contribution in [1.29, 1.82) is 0 Å². The van der Waals surface area contributed by atoms with Crippen molar-refractivity contribution in [3.05, 3.63) is 11.9 Å². The lowest BCUT2D eigenvalue weighted by Crippen LogP contribution is -2.36. The molecular formula is C12H23N3O2. The average molecular weight is 241 g/mol. The van der Waals surface area contributed by atoms with Crippen LogP contribution in [0.2, 0.25) is 0 Å². The number of aromatic nitrogens is 3. The molecule has 2 atom stereocenters. The van der Waals surface area contributed by atoms with Crippen LogP contribution in [-0.2, 0) is 11.3 Å². The van der Waals surface area contributed by atoms with E-state index in [0.29, 0.717) is 6.61 Å². The zero-order valence-corrected chi connectivity index (χ0v) is 11.2. The van der Waals surface area contributed by atoms with Crippen molar-refractivity contribution in [2.45, 2.75) is 58.8 Å². The Labute approximate surface area is 103 Å². The summed E-state index contributed by atoms with van der Waals surface area (Å²) in [5.74, 6) is 0.